The van der Waals surface area contributed by atoms with E-state index in [-0.39, 0.29) is 31.7 Å². The highest BCUT2D eigenvalue weighted by Crippen LogP contribution is 2.38. The van der Waals surface area contributed by atoms with Gasteiger partial charge >= 0.3 is 12.0 Å². The van der Waals surface area contributed by atoms with Crippen molar-refractivity contribution in [3.05, 3.63) is 63.0 Å². The molecule has 0 radical (unpaired) electrons. The fraction of sp³-hybridized carbons (Fsp3) is 0.440. The predicted molar refractivity (Wildman–Crippen MR) is 136 cm³/mol. The molecule has 1 fully saturated rings. The number of hydrogen-bond acceptors (Lipinski definition) is 8. The Kier molecular flexibility index (Phi) is 8.36. The predicted octanol–water partition coefficient (Wildman–Crippen LogP) is 3.27. The Bertz CT molecular complexity index is 1250. The van der Waals surface area contributed by atoms with E-state index >= 15 is 0 Å². The van der Waals surface area contributed by atoms with Crippen molar-refractivity contribution in [3.63, 3.8) is 0 Å². The number of amidine groups is 1. The van der Waals surface area contributed by atoms with Crippen LogP contribution in [0.3, 0.4) is 0 Å². The van der Waals surface area contributed by atoms with Gasteiger partial charge in [0.2, 0.25) is 0 Å². The first kappa shape index (κ1) is 27.6. The molecule has 13 heteroatoms. The van der Waals surface area contributed by atoms with Crippen molar-refractivity contribution in [1.29, 1.82) is 0 Å². The molecule has 2 aliphatic rings. The second-order valence-electron chi connectivity index (χ2n) is 9.11. The molecule has 9 nitrogen and oxygen atoms in total. The number of urea groups is 1. The molecule has 2 aromatic rings. The number of aliphatic imine (C=N–C) groups is 1. The summed E-state index contributed by atoms with van der Waals surface area (Å²) in [6.45, 7) is 2.86. The van der Waals surface area contributed by atoms with Crippen molar-refractivity contribution in [2.75, 3.05) is 26.2 Å². The fourth-order valence-corrected chi connectivity index (χ4v) is 5.35. The molecule has 1 aromatic heterocycles. The SMILES string of the molecule is CCOC(=O)C1=C(CN2CC(F)(F)C[C@@H]2CCNC(N)=O)NC(c2nccs2)=N[C@H]1c1cccc(F)c1C. The molecule has 2 aliphatic heterocycles. The maximum Gasteiger partial charge on any atom is 0.338 e. The van der Waals surface area contributed by atoms with Gasteiger partial charge < -0.3 is 21.1 Å². The highest BCUT2D eigenvalue weighted by molar-refractivity contribution is 7.11. The van der Waals surface area contributed by atoms with Gasteiger partial charge in [-0.3, -0.25) is 9.89 Å². The van der Waals surface area contributed by atoms with Crippen molar-refractivity contribution in [2.45, 2.75) is 44.7 Å². The number of nitrogens with zero attached hydrogens (tertiary/aromatic N) is 3. The van der Waals surface area contributed by atoms with E-state index in [0.29, 0.717) is 27.7 Å². The molecule has 0 unspecified atom stereocenters. The van der Waals surface area contributed by atoms with E-state index < -0.39 is 48.8 Å². The summed E-state index contributed by atoms with van der Waals surface area (Å²) in [6, 6.07) is 2.25. The summed E-state index contributed by atoms with van der Waals surface area (Å²) in [5.74, 6) is -3.75. The Morgan fingerprint density at radius 1 is 1.37 bits per heavy atom. The highest BCUT2D eigenvalue weighted by Gasteiger charge is 2.45. The number of thiazole rings is 1. The first-order valence-electron chi connectivity index (χ1n) is 12.1. The van der Waals surface area contributed by atoms with E-state index in [2.05, 4.69) is 15.6 Å². The van der Waals surface area contributed by atoms with Crippen molar-refractivity contribution < 1.29 is 27.5 Å². The number of esters is 1. The Balaban J connectivity index is 1.77. The van der Waals surface area contributed by atoms with E-state index in [4.69, 9.17) is 15.5 Å². The molecule has 1 aromatic carbocycles. The Morgan fingerprint density at radius 2 is 2.16 bits per heavy atom. The average molecular weight is 551 g/mol. The van der Waals surface area contributed by atoms with Gasteiger partial charge in [0.15, 0.2) is 10.8 Å². The second kappa shape index (κ2) is 11.5. The number of nitrogens with two attached hydrogens (primary N) is 1. The van der Waals surface area contributed by atoms with Crippen LogP contribution in [0.1, 0.15) is 41.9 Å². The third kappa shape index (κ3) is 6.16. The second-order valence-corrected chi connectivity index (χ2v) is 10.0. The normalized spacial score (nSPS) is 21.1. The van der Waals surface area contributed by atoms with Gasteiger partial charge in [0.1, 0.15) is 11.9 Å². The van der Waals surface area contributed by atoms with E-state index in [1.165, 1.54) is 23.5 Å². The first-order valence-corrected chi connectivity index (χ1v) is 13.0. The molecule has 2 atom stereocenters. The number of aromatic nitrogens is 1. The lowest BCUT2D eigenvalue weighted by Crippen LogP contribution is -2.42. The molecule has 0 aliphatic carbocycles. The van der Waals surface area contributed by atoms with Gasteiger partial charge in [0.05, 0.1) is 18.7 Å². The number of carbonyl (C=O) groups excluding carboxylic acids is 2. The zero-order valence-electron chi connectivity index (χ0n) is 21.0. The number of ether oxygens (including phenoxy) is 1. The number of nitrogens with one attached hydrogen (secondary N) is 2. The van der Waals surface area contributed by atoms with Crippen molar-refractivity contribution in [1.82, 2.24) is 20.5 Å². The lowest BCUT2D eigenvalue weighted by Gasteiger charge is -2.31. The minimum atomic E-state index is -2.96. The van der Waals surface area contributed by atoms with E-state index in [0.717, 1.165) is 0 Å². The monoisotopic (exact) mass is 550 g/mol. The smallest absolute Gasteiger partial charge is 0.338 e. The standard InChI is InChI=1S/C25H29F3N6O3S/c1-3-37-23(35)19-18(12-34-13-25(27,28)11-15(34)7-8-31-24(29)36)32-21(22-30-9-10-38-22)33-20(19)16-5-4-6-17(26)14(16)2/h4-6,9-10,15,20H,3,7-8,11-13H2,1-2H3,(H,32,33)(H3,29,31,36)/t15-,20-/m0/s1. The lowest BCUT2D eigenvalue weighted by atomic mass is 9.92. The number of likely N-dealkylation sites (tertiary alicyclic amines) is 1. The third-order valence-electron chi connectivity index (χ3n) is 6.48. The lowest BCUT2D eigenvalue weighted by molar-refractivity contribution is -0.139. The molecule has 1 saturated heterocycles. The molecule has 38 heavy (non-hydrogen) atoms. The molecule has 4 N–H and O–H groups in total. The van der Waals surface area contributed by atoms with E-state index in [1.54, 1.807) is 36.4 Å². The van der Waals surface area contributed by atoms with Crippen LogP contribution in [0.4, 0.5) is 18.0 Å². The summed E-state index contributed by atoms with van der Waals surface area (Å²) in [4.78, 5) is 35.0. The number of primary amides is 1. The quantitative estimate of drug-likeness (QED) is 0.412. The number of carbonyl (C=O) groups is 2. The summed E-state index contributed by atoms with van der Waals surface area (Å²) in [7, 11) is 0. The van der Waals surface area contributed by atoms with E-state index in [9.17, 15) is 22.8 Å². The number of amides is 2. The topological polar surface area (TPSA) is 122 Å². The minimum absolute atomic E-state index is 0.0553. The largest absolute Gasteiger partial charge is 0.463 e. The van der Waals surface area contributed by atoms with Gasteiger partial charge in [-0.15, -0.1) is 11.3 Å². The van der Waals surface area contributed by atoms with Crippen molar-refractivity contribution >= 4 is 29.2 Å². The van der Waals surface area contributed by atoms with Crippen LogP contribution < -0.4 is 16.4 Å². The molecular weight excluding hydrogens is 521 g/mol. The number of hydrogen-bond donors (Lipinski definition) is 3. The van der Waals surface area contributed by atoms with Gasteiger partial charge in [0, 0.05) is 42.8 Å². The molecule has 204 valence electrons. The molecule has 0 spiro atoms. The zero-order valence-corrected chi connectivity index (χ0v) is 21.8. The minimum Gasteiger partial charge on any atom is -0.463 e. The van der Waals surface area contributed by atoms with Crippen LogP contribution in [0.25, 0.3) is 0 Å². The summed E-state index contributed by atoms with van der Waals surface area (Å²) >= 11 is 1.31. The number of rotatable bonds is 9. The van der Waals surface area contributed by atoms with Gasteiger partial charge in [-0.1, -0.05) is 12.1 Å². The maximum atomic E-state index is 14.6. The van der Waals surface area contributed by atoms with Crippen LogP contribution in [0.15, 0.2) is 46.0 Å². The molecular formula is C25H29F3N6O3S. The van der Waals surface area contributed by atoms with Gasteiger partial charge in [-0.2, -0.15) is 0 Å². The van der Waals surface area contributed by atoms with Gasteiger partial charge in [-0.05, 0) is 37.5 Å². The molecule has 0 saturated carbocycles. The number of alkyl halides is 2. The van der Waals surface area contributed by atoms with Crippen LogP contribution in [-0.2, 0) is 9.53 Å². The Hall–Kier alpha value is -3.45. The maximum absolute atomic E-state index is 14.6. The summed E-state index contributed by atoms with van der Waals surface area (Å²) in [6.07, 6.45) is 1.43. The molecule has 4 rings (SSSR count). The van der Waals surface area contributed by atoms with Crippen LogP contribution in [0.5, 0.6) is 0 Å². The Labute approximate surface area is 222 Å². The van der Waals surface area contributed by atoms with Crippen molar-refractivity contribution in [3.8, 4) is 0 Å². The molecule has 2 amide bonds. The fourth-order valence-electron chi connectivity index (χ4n) is 4.76. The third-order valence-corrected chi connectivity index (χ3v) is 7.26. The highest BCUT2D eigenvalue weighted by atomic mass is 32.1. The zero-order chi connectivity index (χ0) is 27.4. The summed E-state index contributed by atoms with van der Waals surface area (Å²) < 4.78 is 49.0. The average Bonchev–Trinajstić information content (AvgIpc) is 3.48. The molecule has 0 bridgehead atoms. The van der Waals surface area contributed by atoms with Crippen LogP contribution >= 0.6 is 11.3 Å². The molecule has 3 heterocycles. The van der Waals surface area contributed by atoms with Gasteiger partial charge in [0.25, 0.3) is 5.92 Å². The summed E-state index contributed by atoms with van der Waals surface area (Å²) in [5.41, 5.74) is 6.33. The first-order chi connectivity index (χ1) is 18.1. The van der Waals surface area contributed by atoms with Crippen LogP contribution in [0, 0.1) is 12.7 Å². The van der Waals surface area contributed by atoms with Crippen LogP contribution in [0.2, 0.25) is 0 Å². The van der Waals surface area contributed by atoms with Gasteiger partial charge in [-0.25, -0.2) is 27.7 Å². The van der Waals surface area contributed by atoms with Crippen LogP contribution in [-0.4, -0.2) is 65.9 Å². The van der Waals surface area contributed by atoms with E-state index in [1.807, 2.05) is 0 Å². The number of halogens is 3. The summed E-state index contributed by atoms with van der Waals surface area (Å²) in [5, 5.41) is 7.86. The number of benzene rings is 1. The Morgan fingerprint density at radius 3 is 2.84 bits per heavy atom. The van der Waals surface area contributed by atoms with Crippen molar-refractivity contribution in [2.24, 2.45) is 10.7 Å².